The monoisotopic (exact) mass is 263 g/mol. The van der Waals surface area contributed by atoms with Crippen LogP contribution < -0.4 is 0 Å². The Kier molecular flexibility index (Phi) is 3.59. The molecule has 0 bridgehead atoms. The van der Waals surface area contributed by atoms with E-state index in [1.807, 2.05) is 13.0 Å². The Morgan fingerprint density at radius 3 is 2.95 bits per heavy atom. The lowest BCUT2D eigenvalue weighted by molar-refractivity contribution is 0.119. The molecule has 0 radical (unpaired) electrons. The van der Waals surface area contributed by atoms with E-state index in [0.29, 0.717) is 12.0 Å². The Balaban J connectivity index is 1.82. The van der Waals surface area contributed by atoms with E-state index in [9.17, 15) is 9.50 Å². The lowest BCUT2D eigenvalue weighted by atomic mass is 9.87. The van der Waals surface area contributed by atoms with E-state index in [4.69, 9.17) is 0 Å². The van der Waals surface area contributed by atoms with Gasteiger partial charge in [-0.3, -0.25) is 4.90 Å². The Morgan fingerprint density at radius 2 is 2.21 bits per heavy atom. The number of benzene rings is 1. The predicted octanol–water partition coefficient (Wildman–Crippen LogP) is 2.91. The van der Waals surface area contributed by atoms with Crippen LogP contribution in [-0.4, -0.2) is 29.2 Å². The predicted molar refractivity (Wildman–Crippen MR) is 73.4 cm³/mol. The molecule has 0 amide bonds. The summed E-state index contributed by atoms with van der Waals surface area (Å²) in [4.78, 5) is 2.44. The summed E-state index contributed by atoms with van der Waals surface area (Å²) in [5.41, 5.74) is 2.48. The van der Waals surface area contributed by atoms with E-state index in [1.54, 1.807) is 12.1 Å². The number of nitrogens with zero attached hydrogens (tertiary/aromatic N) is 1. The number of likely N-dealkylation sites (tertiary alicyclic amines) is 1. The fraction of sp³-hybridized carbons (Fsp3) is 0.625. The maximum atomic E-state index is 13.5. The molecular weight excluding hydrogens is 241 g/mol. The lowest BCUT2D eigenvalue weighted by Gasteiger charge is -2.33. The van der Waals surface area contributed by atoms with Gasteiger partial charge in [-0.1, -0.05) is 6.07 Å². The highest BCUT2D eigenvalue weighted by Gasteiger charge is 2.33. The molecule has 1 aromatic rings. The maximum absolute atomic E-state index is 13.5. The molecule has 2 aliphatic rings. The smallest absolute Gasteiger partial charge is 0.123 e. The first kappa shape index (κ1) is 13.1. The molecule has 1 aliphatic carbocycles. The second-order valence-electron chi connectivity index (χ2n) is 6.04. The molecule has 2 nitrogen and oxygen atoms in total. The number of aliphatic hydroxyl groups is 1. The molecule has 1 N–H and O–H groups in total. The largest absolute Gasteiger partial charge is 0.393 e. The Bertz CT molecular complexity index is 460. The maximum Gasteiger partial charge on any atom is 0.123 e. The first-order chi connectivity index (χ1) is 9.15. The summed E-state index contributed by atoms with van der Waals surface area (Å²) in [6.07, 6.45) is 4.18. The number of rotatable bonds is 2. The van der Waals surface area contributed by atoms with Gasteiger partial charge in [0.25, 0.3) is 0 Å². The van der Waals surface area contributed by atoms with Gasteiger partial charge in [0.2, 0.25) is 0 Å². The molecule has 1 aliphatic heterocycles. The van der Waals surface area contributed by atoms with Crippen LogP contribution in [0.3, 0.4) is 0 Å². The fourth-order valence-electron chi connectivity index (χ4n) is 3.62. The molecule has 1 heterocycles. The second-order valence-corrected chi connectivity index (χ2v) is 6.04. The number of hydrogen-bond acceptors (Lipinski definition) is 2. The van der Waals surface area contributed by atoms with Crippen molar-refractivity contribution in [3.63, 3.8) is 0 Å². The van der Waals surface area contributed by atoms with Crippen LogP contribution in [0.15, 0.2) is 18.2 Å². The van der Waals surface area contributed by atoms with Crippen molar-refractivity contribution in [1.82, 2.24) is 4.90 Å². The number of aryl methyl sites for hydroxylation is 1. The van der Waals surface area contributed by atoms with Crippen LogP contribution in [0.1, 0.15) is 43.4 Å². The zero-order chi connectivity index (χ0) is 13.4. The van der Waals surface area contributed by atoms with E-state index in [-0.39, 0.29) is 11.9 Å². The van der Waals surface area contributed by atoms with Gasteiger partial charge >= 0.3 is 0 Å². The highest BCUT2D eigenvalue weighted by Crippen LogP contribution is 2.37. The number of fused-ring (bicyclic) bond motifs is 1. The molecule has 3 rings (SSSR count). The van der Waals surface area contributed by atoms with Crippen LogP contribution in [0.5, 0.6) is 0 Å². The van der Waals surface area contributed by atoms with E-state index >= 15 is 0 Å². The van der Waals surface area contributed by atoms with Crippen molar-refractivity contribution in [3.05, 3.63) is 35.1 Å². The third-order valence-electron chi connectivity index (χ3n) is 4.77. The van der Waals surface area contributed by atoms with E-state index < -0.39 is 0 Å². The minimum atomic E-state index is -0.236. The molecular formula is C16H22FNO. The average molecular weight is 263 g/mol. The van der Waals surface area contributed by atoms with Crippen molar-refractivity contribution in [2.24, 2.45) is 5.92 Å². The zero-order valence-electron chi connectivity index (χ0n) is 11.5. The number of aliphatic hydroxyl groups excluding tert-OH is 1. The summed E-state index contributed by atoms with van der Waals surface area (Å²) in [6, 6.07) is 5.58. The van der Waals surface area contributed by atoms with E-state index in [1.165, 1.54) is 17.5 Å². The molecule has 104 valence electrons. The van der Waals surface area contributed by atoms with Crippen molar-refractivity contribution in [2.75, 3.05) is 13.1 Å². The van der Waals surface area contributed by atoms with Gasteiger partial charge in [0, 0.05) is 12.6 Å². The Hall–Kier alpha value is -0.930. The van der Waals surface area contributed by atoms with Crippen LogP contribution in [0, 0.1) is 11.7 Å². The van der Waals surface area contributed by atoms with Gasteiger partial charge in [0.15, 0.2) is 0 Å². The molecule has 3 unspecified atom stereocenters. The third kappa shape index (κ3) is 2.54. The van der Waals surface area contributed by atoms with E-state index in [2.05, 4.69) is 4.90 Å². The fourth-order valence-corrected chi connectivity index (χ4v) is 3.62. The van der Waals surface area contributed by atoms with Crippen LogP contribution in [0.4, 0.5) is 4.39 Å². The molecule has 0 aromatic heterocycles. The van der Waals surface area contributed by atoms with Crippen molar-refractivity contribution in [2.45, 2.75) is 44.8 Å². The first-order valence-electron chi connectivity index (χ1n) is 7.35. The normalized spacial score (nSPS) is 29.2. The van der Waals surface area contributed by atoms with Gasteiger partial charge in [-0.05, 0) is 68.3 Å². The summed E-state index contributed by atoms with van der Waals surface area (Å²) in [5, 5.41) is 9.72. The molecule has 19 heavy (non-hydrogen) atoms. The summed E-state index contributed by atoms with van der Waals surface area (Å²) in [7, 11) is 0. The highest BCUT2D eigenvalue weighted by atomic mass is 19.1. The van der Waals surface area contributed by atoms with Gasteiger partial charge in [0.1, 0.15) is 5.82 Å². The molecule has 3 heteroatoms. The summed E-state index contributed by atoms with van der Waals surface area (Å²) in [6.45, 7) is 3.84. The minimum Gasteiger partial charge on any atom is -0.393 e. The van der Waals surface area contributed by atoms with Gasteiger partial charge in [-0.2, -0.15) is 0 Å². The highest BCUT2D eigenvalue weighted by molar-refractivity contribution is 5.33. The van der Waals surface area contributed by atoms with Crippen LogP contribution in [0.2, 0.25) is 0 Å². The van der Waals surface area contributed by atoms with Crippen LogP contribution in [-0.2, 0) is 6.42 Å². The van der Waals surface area contributed by atoms with Crippen molar-refractivity contribution in [3.8, 4) is 0 Å². The van der Waals surface area contributed by atoms with Crippen LogP contribution in [0.25, 0.3) is 0 Å². The number of hydrogen-bond donors (Lipinski definition) is 1. The van der Waals surface area contributed by atoms with Gasteiger partial charge in [0.05, 0.1) is 6.10 Å². The summed E-state index contributed by atoms with van der Waals surface area (Å²) in [5.74, 6) is 0.246. The molecule has 1 fully saturated rings. The average Bonchev–Trinajstić information content (AvgIpc) is 2.87. The van der Waals surface area contributed by atoms with Crippen molar-refractivity contribution < 1.29 is 9.50 Å². The SMILES string of the molecule is CC(O)C1CCN(C2CCCc3ccc(F)cc32)C1. The van der Waals surface area contributed by atoms with Crippen LogP contribution >= 0.6 is 0 Å². The zero-order valence-corrected chi connectivity index (χ0v) is 11.5. The molecule has 0 spiro atoms. The minimum absolute atomic E-state index is 0.128. The summed E-state index contributed by atoms with van der Waals surface area (Å²) >= 11 is 0. The van der Waals surface area contributed by atoms with Gasteiger partial charge in [-0.15, -0.1) is 0 Å². The Morgan fingerprint density at radius 1 is 1.37 bits per heavy atom. The van der Waals surface area contributed by atoms with Gasteiger partial charge in [-0.25, -0.2) is 4.39 Å². The molecule has 0 saturated carbocycles. The Labute approximate surface area is 114 Å². The van der Waals surface area contributed by atoms with Gasteiger partial charge < -0.3 is 5.11 Å². The second kappa shape index (κ2) is 5.22. The molecule has 1 saturated heterocycles. The number of halogens is 1. The van der Waals surface area contributed by atoms with Crippen molar-refractivity contribution >= 4 is 0 Å². The standard InChI is InChI=1S/C16H22FNO/c1-11(19)13-7-8-18(10-13)16-4-2-3-12-5-6-14(17)9-15(12)16/h5-6,9,11,13,16,19H,2-4,7-8,10H2,1H3. The third-order valence-corrected chi connectivity index (χ3v) is 4.77. The quantitative estimate of drug-likeness (QED) is 0.887. The molecule has 3 atom stereocenters. The van der Waals surface area contributed by atoms with Crippen molar-refractivity contribution in [1.29, 1.82) is 0 Å². The first-order valence-corrected chi connectivity index (χ1v) is 7.35. The topological polar surface area (TPSA) is 23.5 Å². The lowest BCUT2D eigenvalue weighted by Crippen LogP contribution is -2.31. The van der Waals surface area contributed by atoms with E-state index in [0.717, 1.165) is 32.4 Å². The summed E-state index contributed by atoms with van der Waals surface area (Å²) < 4.78 is 13.5. The molecule has 1 aromatic carbocycles.